The summed E-state index contributed by atoms with van der Waals surface area (Å²) in [6.07, 6.45) is 1.58. The van der Waals surface area contributed by atoms with Gasteiger partial charge in [0.25, 0.3) is 14.8 Å². The van der Waals surface area contributed by atoms with Crippen LogP contribution in [0.25, 0.3) is 10.9 Å². The zero-order chi connectivity index (χ0) is 16.5. The van der Waals surface area contributed by atoms with Gasteiger partial charge in [0.05, 0.1) is 0 Å². The SMILES string of the molecule is CC(OC=O)c1c[nH]c2cccc(O[Si](C)(C)C(C)(C)C)c12. The van der Waals surface area contributed by atoms with Crippen molar-refractivity contribution >= 4 is 25.7 Å². The van der Waals surface area contributed by atoms with Gasteiger partial charge in [-0.15, -0.1) is 0 Å². The molecule has 4 nitrogen and oxygen atoms in total. The Kier molecular flexibility index (Phi) is 4.38. The van der Waals surface area contributed by atoms with E-state index in [-0.39, 0.29) is 11.1 Å². The van der Waals surface area contributed by atoms with Crippen LogP contribution in [0.2, 0.25) is 18.1 Å². The van der Waals surface area contributed by atoms with Crippen molar-refractivity contribution in [3.8, 4) is 5.75 Å². The van der Waals surface area contributed by atoms with Crippen LogP contribution in [0.4, 0.5) is 0 Å². The quantitative estimate of drug-likeness (QED) is 0.637. The summed E-state index contributed by atoms with van der Waals surface area (Å²) in [5, 5.41) is 1.12. The highest BCUT2D eigenvalue weighted by atomic mass is 28.4. The molecule has 0 saturated carbocycles. The number of rotatable bonds is 5. The highest BCUT2D eigenvalue weighted by Crippen LogP contribution is 2.40. The van der Waals surface area contributed by atoms with Gasteiger partial charge in [0.15, 0.2) is 0 Å². The number of aromatic amines is 1. The minimum absolute atomic E-state index is 0.122. The van der Waals surface area contributed by atoms with Gasteiger partial charge in [-0.05, 0) is 37.2 Å². The van der Waals surface area contributed by atoms with Crippen molar-refractivity contribution in [1.29, 1.82) is 0 Å². The highest BCUT2D eigenvalue weighted by molar-refractivity contribution is 6.74. The Balaban J connectivity index is 2.50. The normalized spacial score (nSPS) is 13.9. The third-order valence-electron chi connectivity index (χ3n) is 4.57. The van der Waals surface area contributed by atoms with Crippen LogP contribution in [-0.2, 0) is 9.53 Å². The van der Waals surface area contributed by atoms with E-state index in [9.17, 15) is 4.79 Å². The number of hydrogen-bond acceptors (Lipinski definition) is 3. The van der Waals surface area contributed by atoms with Gasteiger partial charge in [-0.1, -0.05) is 26.8 Å². The summed E-state index contributed by atoms with van der Waals surface area (Å²) in [6, 6.07) is 5.98. The predicted octanol–water partition coefficient (Wildman–Crippen LogP) is 4.79. The first-order chi connectivity index (χ1) is 10.2. The number of H-pyrrole nitrogens is 1. The van der Waals surface area contributed by atoms with E-state index in [2.05, 4.69) is 38.8 Å². The molecule has 0 bridgehead atoms. The summed E-state index contributed by atoms with van der Waals surface area (Å²) in [7, 11) is -1.94. The van der Waals surface area contributed by atoms with Gasteiger partial charge in [-0.2, -0.15) is 0 Å². The summed E-state index contributed by atoms with van der Waals surface area (Å²) < 4.78 is 11.6. The Morgan fingerprint density at radius 3 is 2.55 bits per heavy atom. The molecule has 1 N–H and O–H groups in total. The van der Waals surface area contributed by atoms with Gasteiger partial charge in [0.2, 0.25) is 0 Å². The molecule has 1 unspecified atom stereocenters. The van der Waals surface area contributed by atoms with Crippen LogP contribution in [-0.4, -0.2) is 19.8 Å². The van der Waals surface area contributed by atoms with Crippen molar-refractivity contribution in [3.05, 3.63) is 30.0 Å². The van der Waals surface area contributed by atoms with Crippen LogP contribution in [0, 0.1) is 0 Å². The van der Waals surface area contributed by atoms with Crippen LogP contribution in [0.5, 0.6) is 5.75 Å². The molecule has 0 aliphatic rings. The van der Waals surface area contributed by atoms with E-state index in [1.54, 1.807) is 0 Å². The van der Waals surface area contributed by atoms with Crippen LogP contribution >= 0.6 is 0 Å². The Morgan fingerprint density at radius 2 is 1.95 bits per heavy atom. The van der Waals surface area contributed by atoms with Gasteiger partial charge in [0, 0.05) is 22.7 Å². The molecule has 2 aromatic rings. The number of carbonyl (C=O) groups is 1. The molecule has 120 valence electrons. The van der Waals surface area contributed by atoms with Crippen LogP contribution in [0.1, 0.15) is 39.4 Å². The molecule has 0 radical (unpaired) electrons. The third-order valence-corrected chi connectivity index (χ3v) is 8.91. The maximum absolute atomic E-state index is 10.6. The second-order valence-electron chi connectivity index (χ2n) is 7.16. The van der Waals surface area contributed by atoms with Gasteiger partial charge < -0.3 is 14.1 Å². The minimum atomic E-state index is -1.94. The Hall–Kier alpha value is -1.75. The average molecular weight is 319 g/mol. The minimum Gasteiger partial charge on any atom is -0.543 e. The fourth-order valence-electron chi connectivity index (χ4n) is 2.17. The molecule has 0 aliphatic heterocycles. The van der Waals surface area contributed by atoms with Crippen LogP contribution in [0.3, 0.4) is 0 Å². The molecule has 0 fully saturated rings. The van der Waals surface area contributed by atoms with E-state index in [1.165, 1.54) is 0 Å². The fourth-order valence-corrected chi connectivity index (χ4v) is 3.19. The zero-order valence-electron chi connectivity index (χ0n) is 14.2. The van der Waals surface area contributed by atoms with E-state index in [4.69, 9.17) is 9.16 Å². The lowest BCUT2D eigenvalue weighted by molar-refractivity contribution is -0.133. The molecule has 1 heterocycles. The number of benzene rings is 1. The maximum atomic E-state index is 10.6. The molecule has 0 amide bonds. The molecule has 22 heavy (non-hydrogen) atoms. The van der Waals surface area contributed by atoms with Crippen molar-refractivity contribution < 1.29 is 14.0 Å². The second kappa shape index (κ2) is 5.80. The predicted molar refractivity (Wildman–Crippen MR) is 91.7 cm³/mol. The molecule has 0 spiro atoms. The number of carbonyl (C=O) groups excluding carboxylic acids is 1. The van der Waals surface area contributed by atoms with Crippen molar-refractivity contribution in [2.75, 3.05) is 0 Å². The van der Waals surface area contributed by atoms with E-state index < -0.39 is 8.32 Å². The zero-order valence-corrected chi connectivity index (χ0v) is 15.2. The summed E-state index contributed by atoms with van der Waals surface area (Å²) >= 11 is 0. The van der Waals surface area contributed by atoms with E-state index in [0.29, 0.717) is 6.47 Å². The standard InChI is InChI=1S/C17H25NO3Si/c1-12(20-11-19)13-10-18-14-8-7-9-15(16(13)14)21-22(5,6)17(2,3)4/h7-12,18H,1-6H3. The molecule has 5 heteroatoms. The lowest BCUT2D eigenvalue weighted by atomic mass is 10.1. The topological polar surface area (TPSA) is 51.3 Å². The average Bonchev–Trinajstić information content (AvgIpc) is 2.82. The molecule has 0 aliphatic carbocycles. The first-order valence-electron chi connectivity index (χ1n) is 7.55. The number of nitrogens with one attached hydrogen (secondary N) is 1. The first-order valence-corrected chi connectivity index (χ1v) is 10.5. The summed E-state index contributed by atoms with van der Waals surface area (Å²) in [5.41, 5.74) is 1.93. The summed E-state index contributed by atoms with van der Waals surface area (Å²) in [5.74, 6) is 0.863. The van der Waals surface area contributed by atoms with Crippen molar-refractivity contribution in [1.82, 2.24) is 4.98 Å². The monoisotopic (exact) mass is 319 g/mol. The molecule has 2 rings (SSSR count). The third kappa shape index (κ3) is 3.04. The summed E-state index contributed by atoms with van der Waals surface area (Å²) in [4.78, 5) is 13.9. The van der Waals surface area contributed by atoms with Gasteiger partial charge in [-0.25, -0.2) is 0 Å². The number of hydrogen-bond donors (Lipinski definition) is 1. The summed E-state index contributed by atoms with van der Waals surface area (Å²) in [6.45, 7) is 13.5. The Morgan fingerprint density at radius 1 is 1.27 bits per heavy atom. The first kappa shape index (κ1) is 16.6. The lowest BCUT2D eigenvalue weighted by Crippen LogP contribution is -2.43. The second-order valence-corrected chi connectivity index (χ2v) is 11.9. The molecular formula is C17H25NO3Si. The molecule has 1 aromatic heterocycles. The molecule has 1 aromatic carbocycles. The molecular weight excluding hydrogens is 294 g/mol. The lowest BCUT2D eigenvalue weighted by Gasteiger charge is -2.36. The van der Waals surface area contributed by atoms with Crippen molar-refractivity contribution in [2.45, 2.75) is 51.9 Å². The Bertz CT molecular complexity index is 670. The van der Waals surface area contributed by atoms with E-state index >= 15 is 0 Å². The number of ether oxygens (including phenoxy) is 1. The van der Waals surface area contributed by atoms with Gasteiger partial charge in [-0.3, -0.25) is 4.79 Å². The fraction of sp³-hybridized carbons (Fsp3) is 0.471. The molecule has 0 saturated heterocycles. The van der Waals surface area contributed by atoms with Crippen LogP contribution < -0.4 is 4.43 Å². The van der Waals surface area contributed by atoms with E-state index in [0.717, 1.165) is 22.2 Å². The Labute approximate surface area is 132 Å². The number of fused-ring (bicyclic) bond motifs is 1. The van der Waals surface area contributed by atoms with Gasteiger partial charge in [0.1, 0.15) is 11.9 Å². The number of aromatic nitrogens is 1. The van der Waals surface area contributed by atoms with Crippen LogP contribution in [0.15, 0.2) is 24.4 Å². The smallest absolute Gasteiger partial charge is 0.293 e. The van der Waals surface area contributed by atoms with Gasteiger partial charge >= 0.3 is 0 Å². The largest absolute Gasteiger partial charge is 0.543 e. The molecule has 1 atom stereocenters. The highest BCUT2D eigenvalue weighted by Gasteiger charge is 2.39. The van der Waals surface area contributed by atoms with E-state index in [1.807, 2.05) is 31.3 Å². The van der Waals surface area contributed by atoms with Crippen molar-refractivity contribution in [3.63, 3.8) is 0 Å². The van der Waals surface area contributed by atoms with Crippen molar-refractivity contribution in [2.24, 2.45) is 0 Å². The maximum Gasteiger partial charge on any atom is 0.293 e.